The van der Waals surface area contributed by atoms with Gasteiger partial charge in [0.25, 0.3) is 0 Å². The average molecular weight is 250 g/mol. The van der Waals surface area contributed by atoms with Gasteiger partial charge in [0.15, 0.2) is 0 Å². The van der Waals surface area contributed by atoms with Crippen LogP contribution < -0.4 is 5.32 Å². The monoisotopic (exact) mass is 249 g/mol. The third-order valence-electron chi connectivity index (χ3n) is 2.34. The van der Waals surface area contributed by atoms with Gasteiger partial charge in [-0.15, -0.1) is 0 Å². The first-order chi connectivity index (χ1) is 8.25. The summed E-state index contributed by atoms with van der Waals surface area (Å²) >= 11 is 5.97. The Labute approximate surface area is 104 Å². The summed E-state index contributed by atoms with van der Waals surface area (Å²) in [5, 5.41) is 3.41. The van der Waals surface area contributed by atoms with Crippen molar-refractivity contribution in [3.8, 4) is 0 Å². The number of nitrogens with one attached hydrogen (secondary N) is 2. The molecule has 4 nitrogen and oxygen atoms in total. The molecule has 0 spiro atoms. The quantitative estimate of drug-likeness (QED) is 0.870. The molecule has 0 aliphatic carbocycles. The fourth-order valence-electron chi connectivity index (χ4n) is 1.45. The zero-order valence-electron chi connectivity index (χ0n) is 9.11. The molecule has 0 saturated carbocycles. The van der Waals surface area contributed by atoms with Crippen molar-refractivity contribution in [2.45, 2.75) is 13.0 Å². The molecule has 0 radical (unpaired) electrons. The number of aromatic amines is 1. The van der Waals surface area contributed by atoms with Crippen molar-refractivity contribution >= 4 is 17.5 Å². The van der Waals surface area contributed by atoms with Gasteiger partial charge < -0.3 is 10.3 Å². The van der Waals surface area contributed by atoms with E-state index in [1.165, 1.54) is 0 Å². The molecule has 1 heterocycles. The van der Waals surface area contributed by atoms with Crippen LogP contribution in [0.25, 0.3) is 0 Å². The van der Waals surface area contributed by atoms with E-state index in [1.54, 1.807) is 18.6 Å². The van der Waals surface area contributed by atoms with Crippen LogP contribution in [0.3, 0.4) is 0 Å². The highest BCUT2D eigenvalue weighted by Crippen LogP contribution is 2.15. The number of nitrogens with zero attached hydrogens (tertiary/aromatic N) is 1. The maximum absolute atomic E-state index is 11.7. The van der Waals surface area contributed by atoms with Crippen LogP contribution in [0.1, 0.15) is 11.3 Å². The summed E-state index contributed by atoms with van der Waals surface area (Å²) in [4.78, 5) is 18.4. The van der Waals surface area contributed by atoms with Crippen molar-refractivity contribution in [1.82, 2.24) is 15.3 Å². The van der Waals surface area contributed by atoms with E-state index in [0.717, 1.165) is 11.3 Å². The van der Waals surface area contributed by atoms with Gasteiger partial charge in [0.2, 0.25) is 5.91 Å². The maximum Gasteiger partial charge on any atom is 0.224 e. The highest BCUT2D eigenvalue weighted by atomic mass is 35.5. The van der Waals surface area contributed by atoms with Gasteiger partial charge in [-0.25, -0.2) is 4.98 Å². The van der Waals surface area contributed by atoms with Gasteiger partial charge in [-0.05, 0) is 11.6 Å². The third kappa shape index (κ3) is 3.32. The summed E-state index contributed by atoms with van der Waals surface area (Å²) in [6.07, 6.45) is 3.54. The second kappa shape index (κ2) is 5.50. The van der Waals surface area contributed by atoms with E-state index in [1.807, 2.05) is 18.2 Å². The lowest BCUT2D eigenvalue weighted by Crippen LogP contribution is -2.24. The van der Waals surface area contributed by atoms with Gasteiger partial charge >= 0.3 is 0 Å². The Kier molecular flexibility index (Phi) is 3.77. The topological polar surface area (TPSA) is 57.8 Å². The summed E-state index contributed by atoms with van der Waals surface area (Å²) in [6, 6.07) is 7.33. The molecule has 0 fully saturated rings. The van der Waals surface area contributed by atoms with Crippen LogP contribution in [0.4, 0.5) is 0 Å². The number of halogens is 1. The summed E-state index contributed by atoms with van der Waals surface area (Å²) < 4.78 is 0. The zero-order chi connectivity index (χ0) is 12.1. The lowest BCUT2D eigenvalue weighted by atomic mass is 10.1. The SMILES string of the molecule is O=C(Cc1ccccc1Cl)NCc1cnc[nH]1. The van der Waals surface area contributed by atoms with E-state index in [-0.39, 0.29) is 12.3 Å². The number of benzene rings is 1. The molecular formula is C12H12ClN3O. The molecule has 88 valence electrons. The predicted molar refractivity (Wildman–Crippen MR) is 65.6 cm³/mol. The van der Waals surface area contributed by atoms with Crippen LogP contribution in [-0.2, 0) is 17.8 Å². The van der Waals surface area contributed by atoms with Crippen LogP contribution >= 0.6 is 11.6 Å². The molecule has 2 aromatic rings. The average Bonchev–Trinajstić information content (AvgIpc) is 2.82. The van der Waals surface area contributed by atoms with Crippen molar-refractivity contribution in [3.05, 3.63) is 53.1 Å². The Hall–Kier alpha value is -1.81. The highest BCUT2D eigenvalue weighted by molar-refractivity contribution is 6.31. The van der Waals surface area contributed by atoms with Crippen LogP contribution in [0, 0.1) is 0 Å². The number of H-pyrrole nitrogens is 1. The number of carbonyl (C=O) groups excluding carboxylic acids is 1. The van der Waals surface area contributed by atoms with Crippen LogP contribution in [0.2, 0.25) is 5.02 Å². The lowest BCUT2D eigenvalue weighted by molar-refractivity contribution is -0.120. The third-order valence-corrected chi connectivity index (χ3v) is 2.71. The van der Waals surface area contributed by atoms with Gasteiger partial charge in [0.05, 0.1) is 25.0 Å². The second-order valence-electron chi connectivity index (χ2n) is 3.62. The number of amides is 1. The van der Waals surface area contributed by atoms with Crippen LogP contribution in [0.5, 0.6) is 0 Å². The summed E-state index contributed by atoms with van der Waals surface area (Å²) in [6.45, 7) is 0.448. The predicted octanol–water partition coefficient (Wildman–Crippen LogP) is 1.92. The maximum atomic E-state index is 11.7. The lowest BCUT2D eigenvalue weighted by Gasteiger charge is -2.05. The first-order valence-electron chi connectivity index (χ1n) is 5.23. The molecule has 0 atom stereocenters. The van der Waals surface area contributed by atoms with Gasteiger partial charge in [-0.1, -0.05) is 29.8 Å². The normalized spacial score (nSPS) is 10.2. The van der Waals surface area contributed by atoms with Crippen LogP contribution in [0.15, 0.2) is 36.8 Å². The van der Waals surface area contributed by atoms with Gasteiger partial charge in [-0.3, -0.25) is 4.79 Å². The molecule has 0 aliphatic rings. The molecule has 0 bridgehead atoms. The Morgan fingerprint density at radius 2 is 2.24 bits per heavy atom. The summed E-state index contributed by atoms with van der Waals surface area (Å²) in [7, 11) is 0. The van der Waals surface area contributed by atoms with E-state index in [2.05, 4.69) is 15.3 Å². The Morgan fingerprint density at radius 3 is 2.94 bits per heavy atom. The van der Waals surface area contributed by atoms with Crippen molar-refractivity contribution in [2.75, 3.05) is 0 Å². The number of rotatable bonds is 4. The molecular weight excluding hydrogens is 238 g/mol. The molecule has 2 rings (SSSR count). The van der Waals surface area contributed by atoms with Crippen molar-refractivity contribution < 1.29 is 4.79 Å². The van der Waals surface area contributed by atoms with E-state index in [4.69, 9.17) is 11.6 Å². The number of carbonyl (C=O) groups is 1. The Balaban J connectivity index is 1.87. The minimum Gasteiger partial charge on any atom is -0.350 e. The minimum atomic E-state index is -0.0623. The molecule has 1 aromatic carbocycles. The van der Waals surface area contributed by atoms with E-state index in [0.29, 0.717) is 11.6 Å². The summed E-state index contributed by atoms with van der Waals surface area (Å²) in [5.41, 5.74) is 1.70. The highest BCUT2D eigenvalue weighted by Gasteiger charge is 2.06. The first kappa shape index (κ1) is 11.7. The fraction of sp³-hybridized carbons (Fsp3) is 0.167. The van der Waals surface area contributed by atoms with Gasteiger partial charge in [0.1, 0.15) is 0 Å². The van der Waals surface area contributed by atoms with E-state index < -0.39 is 0 Å². The smallest absolute Gasteiger partial charge is 0.224 e. The molecule has 1 aromatic heterocycles. The fourth-order valence-corrected chi connectivity index (χ4v) is 1.65. The number of imidazole rings is 1. The standard InChI is InChI=1S/C12H12ClN3O/c13-11-4-2-1-3-9(11)5-12(17)15-7-10-6-14-8-16-10/h1-4,6,8H,5,7H2,(H,14,16)(H,15,17). The van der Waals surface area contributed by atoms with Crippen molar-refractivity contribution in [2.24, 2.45) is 0 Å². The molecule has 1 amide bonds. The Morgan fingerprint density at radius 1 is 1.41 bits per heavy atom. The van der Waals surface area contributed by atoms with E-state index >= 15 is 0 Å². The van der Waals surface area contributed by atoms with Gasteiger partial charge in [0, 0.05) is 11.2 Å². The van der Waals surface area contributed by atoms with Crippen molar-refractivity contribution in [1.29, 1.82) is 0 Å². The first-order valence-corrected chi connectivity index (χ1v) is 5.61. The summed E-state index contributed by atoms with van der Waals surface area (Å²) in [5.74, 6) is -0.0623. The molecule has 0 saturated heterocycles. The van der Waals surface area contributed by atoms with Crippen molar-refractivity contribution in [3.63, 3.8) is 0 Å². The second-order valence-corrected chi connectivity index (χ2v) is 4.03. The minimum absolute atomic E-state index is 0.0623. The van der Waals surface area contributed by atoms with Gasteiger partial charge in [-0.2, -0.15) is 0 Å². The number of aromatic nitrogens is 2. The molecule has 2 N–H and O–H groups in total. The molecule has 0 aliphatic heterocycles. The van der Waals surface area contributed by atoms with E-state index in [9.17, 15) is 4.79 Å². The molecule has 5 heteroatoms. The molecule has 0 unspecified atom stereocenters. The van der Waals surface area contributed by atoms with Crippen LogP contribution in [-0.4, -0.2) is 15.9 Å². The number of hydrogen-bond donors (Lipinski definition) is 2. The number of hydrogen-bond acceptors (Lipinski definition) is 2. The largest absolute Gasteiger partial charge is 0.350 e. The Bertz CT molecular complexity index is 496. The zero-order valence-corrected chi connectivity index (χ0v) is 9.87. The molecule has 17 heavy (non-hydrogen) atoms.